The molecule has 29 heavy (non-hydrogen) atoms. The number of hydrogen-bond donors (Lipinski definition) is 1. The molecule has 8 nitrogen and oxygen atoms in total. The van der Waals surface area contributed by atoms with E-state index in [4.69, 9.17) is 4.52 Å². The molecule has 0 saturated carbocycles. The Kier molecular flexibility index (Phi) is 5.28. The Bertz CT molecular complexity index is 1020. The van der Waals surface area contributed by atoms with Crippen LogP contribution in [0.25, 0.3) is 11.4 Å². The lowest BCUT2D eigenvalue weighted by atomic mass is 10.1. The molecule has 3 aromatic rings. The van der Waals surface area contributed by atoms with Crippen molar-refractivity contribution in [1.29, 1.82) is 0 Å². The second-order valence-corrected chi connectivity index (χ2v) is 6.61. The number of piperazine rings is 1. The number of benzene rings is 1. The van der Waals surface area contributed by atoms with Gasteiger partial charge in [0.05, 0.1) is 12.8 Å². The van der Waals surface area contributed by atoms with E-state index in [-0.39, 0.29) is 30.5 Å². The number of halogens is 1. The average molecular weight is 395 g/mol. The normalized spacial score (nSPS) is 16.5. The van der Waals surface area contributed by atoms with Gasteiger partial charge in [0.2, 0.25) is 23.5 Å². The number of carbonyl (C=O) groups is 2. The largest absolute Gasteiger partial charge is 0.353 e. The molecule has 1 aliphatic rings. The lowest BCUT2D eigenvalue weighted by Crippen LogP contribution is -2.58. The predicted octanol–water partition coefficient (Wildman–Crippen LogP) is 1.38. The number of hydrogen-bond acceptors (Lipinski definition) is 6. The van der Waals surface area contributed by atoms with Crippen molar-refractivity contribution >= 4 is 11.8 Å². The third kappa shape index (κ3) is 4.13. The van der Waals surface area contributed by atoms with E-state index in [1.54, 1.807) is 42.7 Å². The molecule has 1 fully saturated rings. The third-order valence-electron chi connectivity index (χ3n) is 4.73. The van der Waals surface area contributed by atoms with Crippen molar-refractivity contribution in [1.82, 2.24) is 25.3 Å². The molecule has 4 rings (SSSR count). The fraction of sp³-hybridized carbons (Fsp3) is 0.250. The summed E-state index contributed by atoms with van der Waals surface area (Å²) >= 11 is 0. The highest BCUT2D eigenvalue weighted by molar-refractivity contribution is 5.89. The smallest absolute Gasteiger partial charge is 0.243 e. The Balaban J connectivity index is 1.51. The lowest BCUT2D eigenvalue weighted by Gasteiger charge is -2.34. The van der Waals surface area contributed by atoms with Crippen LogP contribution in [0.1, 0.15) is 11.5 Å². The predicted molar refractivity (Wildman–Crippen MR) is 99.8 cm³/mol. The van der Waals surface area contributed by atoms with Crippen LogP contribution < -0.4 is 5.32 Å². The second-order valence-electron chi connectivity index (χ2n) is 6.61. The first-order valence-electron chi connectivity index (χ1n) is 9.15. The van der Waals surface area contributed by atoms with Gasteiger partial charge in [-0.25, -0.2) is 4.39 Å². The van der Waals surface area contributed by atoms with Crippen LogP contribution in [0.15, 0.2) is 53.3 Å². The van der Waals surface area contributed by atoms with Gasteiger partial charge >= 0.3 is 0 Å². The van der Waals surface area contributed by atoms with Crippen LogP contribution in [-0.4, -0.2) is 51.0 Å². The zero-order valence-electron chi connectivity index (χ0n) is 15.4. The molecular formula is C20H18FN5O3. The number of nitrogens with zero attached hydrogens (tertiary/aromatic N) is 4. The van der Waals surface area contributed by atoms with E-state index < -0.39 is 11.9 Å². The number of carbonyl (C=O) groups excluding carboxylic acids is 2. The minimum atomic E-state index is -0.797. The highest BCUT2D eigenvalue weighted by Gasteiger charge is 2.34. The third-order valence-corrected chi connectivity index (χ3v) is 4.73. The van der Waals surface area contributed by atoms with Gasteiger partial charge in [-0.15, -0.1) is 0 Å². The van der Waals surface area contributed by atoms with Crippen LogP contribution in [0, 0.1) is 5.82 Å². The number of aromatic nitrogens is 3. The molecule has 2 aromatic heterocycles. The van der Waals surface area contributed by atoms with Crippen molar-refractivity contribution in [2.75, 3.05) is 13.1 Å². The molecule has 0 spiro atoms. The Hall–Kier alpha value is -3.62. The summed E-state index contributed by atoms with van der Waals surface area (Å²) < 4.78 is 19.2. The summed E-state index contributed by atoms with van der Waals surface area (Å²) in [5.41, 5.74) is 1.02. The minimum Gasteiger partial charge on any atom is -0.353 e. The average Bonchev–Trinajstić information content (AvgIpc) is 3.20. The SMILES string of the molecule is O=C1NCCN(C(=O)Cc2ccccc2F)C1Cc1nc(-c2ccncc2)no1. The van der Waals surface area contributed by atoms with E-state index in [9.17, 15) is 14.0 Å². The topological polar surface area (TPSA) is 101 Å². The molecule has 0 radical (unpaired) electrons. The summed E-state index contributed by atoms with van der Waals surface area (Å²) in [6.45, 7) is 0.666. The molecule has 1 aliphatic heterocycles. The maximum Gasteiger partial charge on any atom is 0.243 e. The molecule has 2 amide bonds. The molecule has 0 aliphatic carbocycles. The Morgan fingerprint density at radius 3 is 2.83 bits per heavy atom. The quantitative estimate of drug-likeness (QED) is 0.701. The molecule has 1 saturated heterocycles. The molecule has 1 N–H and O–H groups in total. The van der Waals surface area contributed by atoms with Crippen molar-refractivity contribution in [3.8, 4) is 11.4 Å². The molecule has 1 aromatic carbocycles. The first-order valence-corrected chi connectivity index (χ1v) is 9.15. The summed E-state index contributed by atoms with van der Waals surface area (Å²) in [6, 6.07) is 8.79. The Morgan fingerprint density at radius 2 is 2.03 bits per heavy atom. The minimum absolute atomic E-state index is 0.0763. The van der Waals surface area contributed by atoms with Crippen molar-refractivity contribution in [2.24, 2.45) is 0 Å². The Labute approximate surface area is 165 Å². The molecule has 148 valence electrons. The fourth-order valence-electron chi connectivity index (χ4n) is 3.24. The maximum atomic E-state index is 13.9. The highest BCUT2D eigenvalue weighted by atomic mass is 19.1. The molecule has 0 bridgehead atoms. The molecule has 3 heterocycles. The van der Waals surface area contributed by atoms with Crippen molar-refractivity contribution < 1.29 is 18.5 Å². The summed E-state index contributed by atoms with van der Waals surface area (Å²) in [6.07, 6.45) is 3.18. The molecule has 1 atom stereocenters. The zero-order valence-corrected chi connectivity index (χ0v) is 15.4. The van der Waals surface area contributed by atoms with Crippen LogP contribution in [0.3, 0.4) is 0 Å². The number of amides is 2. The van der Waals surface area contributed by atoms with Crippen molar-refractivity contribution in [3.63, 3.8) is 0 Å². The van der Waals surface area contributed by atoms with Crippen LogP contribution in [0.2, 0.25) is 0 Å². The van der Waals surface area contributed by atoms with E-state index in [1.807, 2.05) is 0 Å². The summed E-state index contributed by atoms with van der Waals surface area (Å²) in [5, 5.41) is 6.67. The van der Waals surface area contributed by atoms with Crippen molar-refractivity contribution in [2.45, 2.75) is 18.9 Å². The first-order chi connectivity index (χ1) is 14.1. The standard InChI is InChI=1S/C20H18FN5O3/c21-15-4-2-1-3-14(15)11-18(27)26-10-9-23-20(28)16(26)12-17-24-19(25-29-17)13-5-7-22-8-6-13/h1-8,16H,9-12H2,(H,23,28). The van der Waals surface area contributed by atoms with E-state index in [0.29, 0.717) is 24.5 Å². The van der Waals surface area contributed by atoms with Gasteiger partial charge in [0, 0.05) is 31.0 Å². The van der Waals surface area contributed by atoms with Crippen LogP contribution in [-0.2, 0) is 22.4 Å². The zero-order chi connectivity index (χ0) is 20.2. The maximum absolute atomic E-state index is 13.9. The number of pyridine rings is 1. The van der Waals surface area contributed by atoms with E-state index in [0.717, 1.165) is 5.56 Å². The monoisotopic (exact) mass is 395 g/mol. The summed E-state index contributed by atoms with van der Waals surface area (Å²) in [4.78, 5) is 34.9. The number of nitrogens with one attached hydrogen (secondary N) is 1. The van der Waals surface area contributed by atoms with Gasteiger partial charge in [0.1, 0.15) is 11.9 Å². The number of rotatable bonds is 5. The van der Waals surface area contributed by atoms with E-state index >= 15 is 0 Å². The van der Waals surface area contributed by atoms with Gasteiger partial charge in [-0.2, -0.15) is 4.98 Å². The van der Waals surface area contributed by atoms with Gasteiger partial charge in [-0.3, -0.25) is 14.6 Å². The van der Waals surface area contributed by atoms with Gasteiger partial charge in [-0.1, -0.05) is 23.4 Å². The van der Waals surface area contributed by atoms with Gasteiger partial charge < -0.3 is 14.7 Å². The van der Waals surface area contributed by atoms with Gasteiger partial charge in [0.25, 0.3) is 0 Å². The van der Waals surface area contributed by atoms with Gasteiger partial charge in [0.15, 0.2) is 0 Å². The van der Waals surface area contributed by atoms with Crippen LogP contribution >= 0.6 is 0 Å². The molecule has 9 heteroatoms. The van der Waals surface area contributed by atoms with Crippen LogP contribution in [0.5, 0.6) is 0 Å². The molecular weight excluding hydrogens is 377 g/mol. The molecule has 1 unspecified atom stereocenters. The summed E-state index contributed by atoms with van der Waals surface area (Å²) in [5.74, 6) is -0.464. The van der Waals surface area contributed by atoms with Gasteiger partial charge in [-0.05, 0) is 23.8 Å². The van der Waals surface area contributed by atoms with E-state index in [2.05, 4.69) is 20.4 Å². The lowest BCUT2D eigenvalue weighted by molar-refractivity contribution is -0.142. The second kappa shape index (κ2) is 8.17. The van der Waals surface area contributed by atoms with Crippen LogP contribution in [0.4, 0.5) is 4.39 Å². The summed E-state index contributed by atoms with van der Waals surface area (Å²) in [7, 11) is 0. The van der Waals surface area contributed by atoms with E-state index in [1.165, 1.54) is 11.0 Å². The first kappa shape index (κ1) is 18.7. The highest BCUT2D eigenvalue weighted by Crippen LogP contribution is 2.18. The Morgan fingerprint density at radius 1 is 1.24 bits per heavy atom. The fourth-order valence-corrected chi connectivity index (χ4v) is 3.24. The van der Waals surface area contributed by atoms with Crippen molar-refractivity contribution in [3.05, 3.63) is 66.1 Å².